The number of nitrogens with one attached hydrogen (secondary N) is 2. The topological polar surface area (TPSA) is 58.2 Å². The first-order valence-electron chi connectivity index (χ1n) is 6.57. The van der Waals surface area contributed by atoms with Crippen molar-refractivity contribution < 1.29 is 8.42 Å². The Kier molecular flexibility index (Phi) is 6.46. The fraction of sp³-hybridized carbons (Fsp3) is 0.692. The van der Waals surface area contributed by atoms with Gasteiger partial charge in [-0.1, -0.05) is 13.8 Å². The van der Waals surface area contributed by atoms with Crippen LogP contribution in [0.4, 0.5) is 0 Å². The summed E-state index contributed by atoms with van der Waals surface area (Å²) < 4.78 is 26.3. The first-order chi connectivity index (χ1) is 8.80. The van der Waals surface area contributed by atoms with Crippen LogP contribution in [0, 0.1) is 13.8 Å². The molecule has 2 N–H and O–H groups in total. The van der Waals surface area contributed by atoms with Crippen LogP contribution in [0.2, 0.25) is 0 Å². The minimum atomic E-state index is -3.16. The van der Waals surface area contributed by atoms with Gasteiger partial charge in [-0.15, -0.1) is 11.3 Å². The molecule has 0 fully saturated rings. The SMILES string of the molecule is Cc1cc(CNS(=O)(=O)CCCNC(C)C)sc1C. The number of hydrogen-bond donors (Lipinski definition) is 2. The van der Waals surface area contributed by atoms with Gasteiger partial charge in [0, 0.05) is 22.3 Å². The Balaban J connectivity index is 2.34. The first-order valence-corrected chi connectivity index (χ1v) is 9.03. The van der Waals surface area contributed by atoms with E-state index in [1.807, 2.05) is 26.8 Å². The van der Waals surface area contributed by atoms with Crippen molar-refractivity contribution in [2.45, 2.75) is 46.7 Å². The fourth-order valence-electron chi connectivity index (χ4n) is 1.64. The molecule has 1 aromatic heterocycles. The van der Waals surface area contributed by atoms with Gasteiger partial charge < -0.3 is 5.32 Å². The summed E-state index contributed by atoms with van der Waals surface area (Å²) in [4.78, 5) is 2.31. The van der Waals surface area contributed by atoms with Crippen LogP contribution in [-0.4, -0.2) is 26.8 Å². The molecule has 6 heteroatoms. The van der Waals surface area contributed by atoms with E-state index in [0.29, 0.717) is 19.0 Å². The zero-order valence-corrected chi connectivity index (χ0v) is 13.7. The number of aryl methyl sites for hydroxylation is 2. The molecule has 0 aliphatic carbocycles. The van der Waals surface area contributed by atoms with Crippen LogP contribution in [0.15, 0.2) is 6.07 Å². The Hall–Kier alpha value is -0.430. The fourth-order valence-corrected chi connectivity index (χ4v) is 3.77. The second-order valence-electron chi connectivity index (χ2n) is 5.05. The van der Waals surface area contributed by atoms with Gasteiger partial charge in [-0.05, 0) is 38.4 Å². The van der Waals surface area contributed by atoms with Crippen LogP contribution in [0.1, 0.15) is 35.6 Å². The third kappa shape index (κ3) is 6.51. The third-order valence-electron chi connectivity index (χ3n) is 2.83. The van der Waals surface area contributed by atoms with Gasteiger partial charge in [0.15, 0.2) is 0 Å². The van der Waals surface area contributed by atoms with Crippen molar-refractivity contribution in [3.8, 4) is 0 Å². The van der Waals surface area contributed by atoms with E-state index in [2.05, 4.69) is 17.0 Å². The lowest BCUT2D eigenvalue weighted by atomic mass is 10.3. The zero-order chi connectivity index (χ0) is 14.5. The monoisotopic (exact) mass is 304 g/mol. The maximum Gasteiger partial charge on any atom is 0.211 e. The van der Waals surface area contributed by atoms with Crippen molar-refractivity contribution in [3.63, 3.8) is 0 Å². The molecule has 0 aliphatic rings. The van der Waals surface area contributed by atoms with Crippen LogP contribution in [0.25, 0.3) is 0 Å². The summed E-state index contributed by atoms with van der Waals surface area (Å²) in [5.41, 5.74) is 1.22. The van der Waals surface area contributed by atoms with E-state index in [4.69, 9.17) is 0 Å². The summed E-state index contributed by atoms with van der Waals surface area (Å²) in [6.45, 7) is 9.33. The van der Waals surface area contributed by atoms with E-state index in [0.717, 1.165) is 11.4 Å². The van der Waals surface area contributed by atoms with Gasteiger partial charge >= 0.3 is 0 Å². The second-order valence-corrected chi connectivity index (χ2v) is 8.32. The molecule has 0 bridgehead atoms. The van der Waals surface area contributed by atoms with Crippen LogP contribution in [0.5, 0.6) is 0 Å². The molecular weight excluding hydrogens is 280 g/mol. The number of rotatable bonds is 8. The maximum atomic E-state index is 11.8. The molecule has 19 heavy (non-hydrogen) atoms. The maximum absolute atomic E-state index is 11.8. The predicted octanol–water partition coefficient (Wildman–Crippen LogP) is 2.17. The summed E-state index contributed by atoms with van der Waals surface area (Å²) in [6, 6.07) is 2.44. The van der Waals surface area contributed by atoms with E-state index >= 15 is 0 Å². The van der Waals surface area contributed by atoms with Crippen molar-refractivity contribution in [1.29, 1.82) is 0 Å². The zero-order valence-electron chi connectivity index (χ0n) is 12.1. The minimum absolute atomic E-state index is 0.177. The number of thiophene rings is 1. The van der Waals surface area contributed by atoms with Gasteiger partial charge in [0.1, 0.15) is 0 Å². The van der Waals surface area contributed by atoms with E-state index in [-0.39, 0.29) is 5.75 Å². The minimum Gasteiger partial charge on any atom is -0.314 e. The molecule has 1 heterocycles. The highest BCUT2D eigenvalue weighted by Gasteiger charge is 2.11. The van der Waals surface area contributed by atoms with Crippen LogP contribution in [-0.2, 0) is 16.6 Å². The quantitative estimate of drug-likeness (QED) is 0.724. The van der Waals surface area contributed by atoms with Crippen molar-refractivity contribution in [1.82, 2.24) is 10.0 Å². The lowest BCUT2D eigenvalue weighted by Crippen LogP contribution is -2.29. The molecular formula is C13H24N2O2S2. The molecule has 1 aromatic rings. The molecule has 0 amide bonds. The van der Waals surface area contributed by atoms with Crippen LogP contribution in [0.3, 0.4) is 0 Å². The van der Waals surface area contributed by atoms with Crippen LogP contribution < -0.4 is 10.0 Å². The standard InChI is InChI=1S/C13H24N2O2S2/c1-10(2)14-6-5-7-19(16,17)15-9-13-8-11(3)12(4)18-13/h8,10,14-15H,5-7,9H2,1-4H3. The highest BCUT2D eigenvalue weighted by molar-refractivity contribution is 7.89. The molecule has 1 rings (SSSR count). The van der Waals surface area contributed by atoms with Gasteiger partial charge in [-0.3, -0.25) is 0 Å². The molecule has 110 valence electrons. The summed E-state index contributed by atoms with van der Waals surface area (Å²) in [5, 5.41) is 3.21. The lowest BCUT2D eigenvalue weighted by molar-refractivity contribution is 0.561. The molecule has 0 spiro atoms. The van der Waals surface area contributed by atoms with Crippen molar-refractivity contribution in [2.75, 3.05) is 12.3 Å². The van der Waals surface area contributed by atoms with Crippen molar-refractivity contribution in [2.24, 2.45) is 0 Å². The van der Waals surface area contributed by atoms with E-state index in [1.165, 1.54) is 10.4 Å². The second kappa shape index (κ2) is 7.38. The summed E-state index contributed by atoms with van der Waals surface area (Å²) in [5.74, 6) is 0.177. The lowest BCUT2D eigenvalue weighted by Gasteiger charge is -2.08. The first kappa shape index (κ1) is 16.6. The van der Waals surface area contributed by atoms with E-state index in [9.17, 15) is 8.42 Å². The van der Waals surface area contributed by atoms with Gasteiger partial charge in [0.25, 0.3) is 0 Å². The molecule has 0 saturated carbocycles. The van der Waals surface area contributed by atoms with Gasteiger partial charge in [0.2, 0.25) is 10.0 Å². The summed E-state index contributed by atoms with van der Waals surface area (Å²) >= 11 is 1.65. The molecule has 0 saturated heterocycles. The third-order valence-corrected chi connectivity index (χ3v) is 5.39. The Morgan fingerprint density at radius 3 is 2.53 bits per heavy atom. The Morgan fingerprint density at radius 1 is 1.32 bits per heavy atom. The smallest absolute Gasteiger partial charge is 0.211 e. The molecule has 0 radical (unpaired) electrons. The van der Waals surface area contributed by atoms with Crippen molar-refractivity contribution >= 4 is 21.4 Å². The molecule has 0 aliphatic heterocycles. The largest absolute Gasteiger partial charge is 0.314 e. The number of hydrogen-bond acceptors (Lipinski definition) is 4. The van der Waals surface area contributed by atoms with Gasteiger partial charge in [0.05, 0.1) is 5.75 Å². The molecule has 0 aromatic carbocycles. The molecule has 0 unspecified atom stereocenters. The van der Waals surface area contributed by atoms with Gasteiger partial charge in [-0.25, -0.2) is 13.1 Å². The summed E-state index contributed by atoms with van der Waals surface area (Å²) in [7, 11) is -3.16. The Bertz CT molecular complexity index is 473. The highest BCUT2D eigenvalue weighted by Crippen LogP contribution is 2.20. The molecule has 4 nitrogen and oxygen atoms in total. The Morgan fingerprint density at radius 2 is 2.00 bits per heavy atom. The highest BCUT2D eigenvalue weighted by atomic mass is 32.2. The van der Waals surface area contributed by atoms with E-state index < -0.39 is 10.0 Å². The van der Waals surface area contributed by atoms with Crippen LogP contribution >= 0.6 is 11.3 Å². The summed E-state index contributed by atoms with van der Waals surface area (Å²) in [6.07, 6.45) is 0.635. The average molecular weight is 304 g/mol. The Labute approximate surface area is 120 Å². The predicted molar refractivity (Wildman–Crippen MR) is 82.2 cm³/mol. The van der Waals surface area contributed by atoms with Crippen molar-refractivity contribution in [3.05, 3.63) is 21.4 Å². The number of sulfonamides is 1. The van der Waals surface area contributed by atoms with E-state index in [1.54, 1.807) is 11.3 Å². The van der Waals surface area contributed by atoms with Gasteiger partial charge in [-0.2, -0.15) is 0 Å². The average Bonchev–Trinajstić information content (AvgIpc) is 2.62. The normalized spacial score (nSPS) is 12.3. The molecule has 0 atom stereocenters.